The van der Waals surface area contributed by atoms with Crippen molar-refractivity contribution in [3.8, 4) is 17.2 Å². The third-order valence-electron chi connectivity index (χ3n) is 4.50. The molecule has 1 aliphatic heterocycles. The van der Waals surface area contributed by atoms with Crippen LogP contribution >= 0.6 is 24.0 Å². The first-order chi connectivity index (χ1) is 15.5. The Kier molecular flexibility index (Phi) is 8.13. The number of anilines is 1. The average molecular weight is 473 g/mol. The molecular weight excluding hydrogens is 448 g/mol. The number of thiocarbonyl (C=S) groups is 1. The fraction of sp³-hybridized carbons (Fsp3) is 0.261. The molecule has 1 N–H and O–H groups in total. The summed E-state index contributed by atoms with van der Waals surface area (Å²) in [5, 5.41) is 2.78. The molecule has 1 fully saturated rings. The van der Waals surface area contributed by atoms with E-state index in [0.717, 1.165) is 5.56 Å². The molecule has 0 saturated carbocycles. The van der Waals surface area contributed by atoms with Gasteiger partial charge in [0, 0.05) is 6.54 Å². The van der Waals surface area contributed by atoms with Gasteiger partial charge >= 0.3 is 0 Å². The van der Waals surface area contributed by atoms with E-state index in [9.17, 15) is 9.59 Å². The van der Waals surface area contributed by atoms with Gasteiger partial charge < -0.3 is 19.5 Å². The van der Waals surface area contributed by atoms with Gasteiger partial charge in [-0.2, -0.15) is 0 Å². The number of hydrogen-bond acceptors (Lipinski definition) is 7. The minimum absolute atomic E-state index is 0.106. The summed E-state index contributed by atoms with van der Waals surface area (Å²) in [5.41, 5.74) is 1.34. The summed E-state index contributed by atoms with van der Waals surface area (Å²) in [7, 11) is 1.51. The second-order valence-electron chi connectivity index (χ2n) is 6.60. The number of carbonyl (C=O) groups excluding carboxylic acids is 2. The molecule has 7 nitrogen and oxygen atoms in total. The van der Waals surface area contributed by atoms with E-state index in [4.69, 9.17) is 26.4 Å². The van der Waals surface area contributed by atoms with Crippen LogP contribution in [0.5, 0.6) is 17.2 Å². The lowest BCUT2D eigenvalue weighted by Gasteiger charge is -2.13. The lowest BCUT2D eigenvalue weighted by atomic mass is 10.2. The number of para-hydroxylation sites is 2. The highest BCUT2D eigenvalue weighted by Gasteiger charge is 2.30. The molecule has 0 aromatic heterocycles. The standard InChI is InChI=1S/C23H24N2O5S2/c1-4-25-22(27)20(32-23(25)31)13-15-10-11-18(19(12-15)28-3)30-14-21(26)24-16-8-6-7-9-17(16)29-5-2/h6-13H,4-5,14H2,1-3H3,(H,24,26)/b20-13-. The quantitative estimate of drug-likeness (QED) is 0.430. The summed E-state index contributed by atoms with van der Waals surface area (Å²) >= 11 is 6.52. The van der Waals surface area contributed by atoms with Gasteiger partial charge in [-0.1, -0.05) is 42.2 Å². The summed E-state index contributed by atoms with van der Waals surface area (Å²) in [6.07, 6.45) is 1.76. The van der Waals surface area contributed by atoms with Gasteiger partial charge in [0.25, 0.3) is 11.8 Å². The van der Waals surface area contributed by atoms with Gasteiger partial charge in [-0.15, -0.1) is 0 Å². The highest BCUT2D eigenvalue weighted by atomic mass is 32.2. The van der Waals surface area contributed by atoms with E-state index in [-0.39, 0.29) is 18.4 Å². The van der Waals surface area contributed by atoms with E-state index in [0.29, 0.717) is 45.3 Å². The SMILES string of the molecule is CCOc1ccccc1NC(=O)COc1ccc(/C=C2\SC(=S)N(CC)C2=O)cc1OC. The van der Waals surface area contributed by atoms with Gasteiger partial charge in [0.05, 0.1) is 24.3 Å². The summed E-state index contributed by atoms with van der Waals surface area (Å²) in [6.45, 7) is 4.59. The molecule has 2 aromatic carbocycles. The molecule has 0 unspecified atom stereocenters. The zero-order valence-corrected chi connectivity index (χ0v) is 19.7. The van der Waals surface area contributed by atoms with E-state index < -0.39 is 0 Å². The zero-order chi connectivity index (χ0) is 23.1. The Morgan fingerprint density at radius 2 is 1.91 bits per heavy atom. The number of carbonyl (C=O) groups is 2. The van der Waals surface area contributed by atoms with E-state index in [1.54, 1.807) is 41.3 Å². The van der Waals surface area contributed by atoms with Gasteiger partial charge in [-0.05, 0) is 49.8 Å². The minimum atomic E-state index is -0.327. The molecule has 0 bridgehead atoms. The lowest BCUT2D eigenvalue weighted by molar-refractivity contribution is -0.122. The van der Waals surface area contributed by atoms with E-state index in [2.05, 4.69) is 5.32 Å². The number of hydrogen-bond donors (Lipinski definition) is 1. The summed E-state index contributed by atoms with van der Waals surface area (Å²) in [5.74, 6) is 1.03. The Hall–Kier alpha value is -3.04. The van der Waals surface area contributed by atoms with E-state index in [1.165, 1.54) is 18.9 Å². The van der Waals surface area contributed by atoms with Gasteiger partial charge in [0.1, 0.15) is 10.1 Å². The Balaban J connectivity index is 1.67. The normalized spacial score (nSPS) is 14.6. The Labute approximate surface area is 196 Å². The third kappa shape index (κ3) is 5.60. The van der Waals surface area contributed by atoms with E-state index >= 15 is 0 Å². The predicted octanol–water partition coefficient (Wildman–Crippen LogP) is 4.33. The molecule has 168 valence electrons. The molecule has 1 heterocycles. The molecule has 1 aliphatic rings. The number of ether oxygens (including phenoxy) is 3. The van der Waals surface area contributed by atoms with E-state index in [1.807, 2.05) is 26.0 Å². The van der Waals surface area contributed by atoms with Crippen molar-refractivity contribution >= 4 is 51.9 Å². The number of thioether (sulfide) groups is 1. The Morgan fingerprint density at radius 1 is 1.12 bits per heavy atom. The van der Waals surface area contributed by atoms with Crippen molar-refractivity contribution in [3.05, 3.63) is 52.9 Å². The first-order valence-corrected chi connectivity index (χ1v) is 11.3. The van der Waals surface area contributed by atoms with Crippen molar-refractivity contribution in [1.82, 2.24) is 4.90 Å². The van der Waals surface area contributed by atoms with Crippen molar-refractivity contribution in [1.29, 1.82) is 0 Å². The lowest BCUT2D eigenvalue weighted by Crippen LogP contribution is -2.27. The topological polar surface area (TPSA) is 77.1 Å². The zero-order valence-electron chi connectivity index (χ0n) is 18.0. The molecule has 0 atom stereocenters. The summed E-state index contributed by atoms with van der Waals surface area (Å²) in [6, 6.07) is 12.4. The Morgan fingerprint density at radius 3 is 2.59 bits per heavy atom. The van der Waals surface area contributed by atoms with Gasteiger partial charge in [0.15, 0.2) is 18.1 Å². The van der Waals surface area contributed by atoms with Gasteiger partial charge in [0.2, 0.25) is 0 Å². The van der Waals surface area contributed by atoms with Crippen LogP contribution in [0.15, 0.2) is 47.4 Å². The first kappa shape index (κ1) is 23.6. The summed E-state index contributed by atoms with van der Waals surface area (Å²) in [4.78, 5) is 26.9. The minimum Gasteiger partial charge on any atom is -0.493 e. The van der Waals surface area contributed by atoms with Crippen LogP contribution < -0.4 is 19.5 Å². The number of methoxy groups -OCH3 is 1. The number of rotatable bonds is 9. The molecular formula is C23H24N2O5S2. The number of nitrogens with one attached hydrogen (secondary N) is 1. The molecule has 1 saturated heterocycles. The van der Waals surface area contributed by atoms with Crippen LogP contribution in [0, 0.1) is 0 Å². The molecule has 3 rings (SSSR count). The summed E-state index contributed by atoms with van der Waals surface area (Å²) < 4.78 is 17.1. The van der Waals surface area contributed by atoms with Crippen LogP contribution in [-0.4, -0.2) is 47.9 Å². The number of nitrogens with zero attached hydrogens (tertiary/aromatic N) is 1. The molecule has 2 amide bonds. The van der Waals surface area contributed by atoms with Crippen LogP contribution in [0.25, 0.3) is 6.08 Å². The van der Waals surface area contributed by atoms with Crippen molar-refractivity contribution in [2.24, 2.45) is 0 Å². The number of benzene rings is 2. The van der Waals surface area contributed by atoms with Crippen molar-refractivity contribution < 1.29 is 23.8 Å². The first-order valence-electron chi connectivity index (χ1n) is 10.0. The number of likely N-dealkylation sites (N-methyl/N-ethyl adjacent to an activating group) is 1. The van der Waals surface area contributed by atoms with Crippen molar-refractivity contribution in [2.45, 2.75) is 13.8 Å². The highest BCUT2D eigenvalue weighted by molar-refractivity contribution is 8.26. The second kappa shape index (κ2) is 11.0. The smallest absolute Gasteiger partial charge is 0.266 e. The van der Waals surface area contributed by atoms with Crippen LogP contribution in [0.1, 0.15) is 19.4 Å². The van der Waals surface area contributed by atoms with Crippen LogP contribution in [-0.2, 0) is 9.59 Å². The van der Waals surface area contributed by atoms with Gasteiger partial charge in [-0.25, -0.2) is 0 Å². The number of amides is 2. The van der Waals surface area contributed by atoms with Crippen LogP contribution in [0.2, 0.25) is 0 Å². The maximum Gasteiger partial charge on any atom is 0.266 e. The predicted molar refractivity (Wildman–Crippen MR) is 130 cm³/mol. The molecule has 32 heavy (non-hydrogen) atoms. The maximum absolute atomic E-state index is 12.4. The fourth-order valence-electron chi connectivity index (χ4n) is 3.00. The van der Waals surface area contributed by atoms with Crippen LogP contribution in [0.3, 0.4) is 0 Å². The monoisotopic (exact) mass is 472 g/mol. The average Bonchev–Trinajstić information content (AvgIpc) is 3.06. The fourth-order valence-corrected chi connectivity index (χ4v) is 4.38. The highest BCUT2D eigenvalue weighted by Crippen LogP contribution is 2.34. The maximum atomic E-state index is 12.4. The molecule has 2 aromatic rings. The van der Waals surface area contributed by atoms with Crippen molar-refractivity contribution in [2.75, 3.05) is 32.2 Å². The molecule has 0 aliphatic carbocycles. The van der Waals surface area contributed by atoms with Gasteiger partial charge in [-0.3, -0.25) is 14.5 Å². The Bertz CT molecular complexity index is 1050. The molecule has 0 spiro atoms. The largest absolute Gasteiger partial charge is 0.493 e. The second-order valence-corrected chi connectivity index (χ2v) is 8.28. The van der Waals surface area contributed by atoms with Crippen LogP contribution in [0.4, 0.5) is 5.69 Å². The third-order valence-corrected chi connectivity index (χ3v) is 5.87. The molecule has 0 radical (unpaired) electrons. The molecule has 9 heteroatoms. The van der Waals surface area contributed by atoms with Crippen molar-refractivity contribution in [3.63, 3.8) is 0 Å².